The van der Waals surface area contributed by atoms with Gasteiger partial charge in [-0.25, -0.2) is 0 Å². The van der Waals surface area contributed by atoms with Gasteiger partial charge in [-0.3, -0.25) is 4.90 Å². The second-order valence-electron chi connectivity index (χ2n) is 5.25. The summed E-state index contributed by atoms with van der Waals surface area (Å²) >= 11 is 0. The molecule has 0 amide bonds. The number of aliphatic hydroxyl groups is 1. The van der Waals surface area contributed by atoms with Crippen LogP contribution >= 0.6 is 0 Å². The van der Waals surface area contributed by atoms with Gasteiger partial charge in [0.15, 0.2) is 0 Å². The van der Waals surface area contributed by atoms with Crippen LogP contribution in [0.3, 0.4) is 0 Å². The largest absolute Gasteiger partial charge is 0.395 e. The Morgan fingerprint density at radius 3 is 2.60 bits per heavy atom. The van der Waals surface area contributed by atoms with E-state index < -0.39 is 0 Å². The van der Waals surface area contributed by atoms with Crippen LogP contribution in [-0.4, -0.2) is 35.7 Å². The maximum atomic E-state index is 8.99. The first-order valence-corrected chi connectivity index (χ1v) is 5.81. The second-order valence-corrected chi connectivity index (χ2v) is 5.25. The van der Waals surface area contributed by atoms with Crippen molar-refractivity contribution in [1.29, 1.82) is 5.26 Å². The summed E-state index contributed by atoms with van der Waals surface area (Å²) in [7, 11) is 0. The van der Waals surface area contributed by atoms with Crippen molar-refractivity contribution in [2.45, 2.75) is 45.6 Å². The summed E-state index contributed by atoms with van der Waals surface area (Å²) in [6, 6.07) is 2.90. The molecule has 0 heterocycles. The molecule has 0 radical (unpaired) electrons. The van der Waals surface area contributed by atoms with E-state index in [0.717, 1.165) is 19.5 Å². The lowest BCUT2D eigenvalue weighted by Crippen LogP contribution is -2.37. The van der Waals surface area contributed by atoms with Crippen LogP contribution in [0, 0.1) is 16.7 Å². The lowest BCUT2D eigenvalue weighted by molar-refractivity contribution is 0.132. The van der Waals surface area contributed by atoms with Crippen LogP contribution in [0.5, 0.6) is 0 Å². The zero-order chi connectivity index (χ0) is 11.3. The van der Waals surface area contributed by atoms with Gasteiger partial charge in [0.25, 0.3) is 0 Å². The van der Waals surface area contributed by atoms with Crippen molar-refractivity contribution < 1.29 is 5.11 Å². The van der Waals surface area contributed by atoms with Crippen LogP contribution < -0.4 is 0 Å². The molecule has 0 bridgehead atoms. The Bertz CT molecular complexity index is 228. The van der Waals surface area contributed by atoms with E-state index in [9.17, 15) is 0 Å². The highest BCUT2D eigenvalue weighted by atomic mass is 16.3. The van der Waals surface area contributed by atoms with Crippen molar-refractivity contribution >= 4 is 0 Å². The highest BCUT2D eigenvalue weighted by Crippen LogP contribution is 2.31. The molecular weight excluding hydrogens is 188 g/mol. The van der Waals surface area contributed by atoms with Crippen molar-refractivity contribution in [2.75, 3.05) is 19.7 Å². The Balaban J connectivity index is 2.37. The zero-order valence-corrected chi connectivity index (χ0v) is 9.87. The van der Waals surface area contributed by atoms with Gasteiger partial charge in [0.1, 0.15) is 0 Å². The first-order valence-electron chi connectivity index (χ1n) is 5.81. The van der Waals surface area contributed by atoms with E-state index in [0.29, 0.717) is 12.5 Å². The minimum absolute atomic E-state index is 0.188. The molecule has 1 fully saturated rings. The molecule has 15 heavy (non-hydrogen) atoms. The van der Waals surface area contributed by atoms with Crippen LogP contribution in [-0.2, 0) is 0 Å². The summed E-state index contributed by atoms with van der Waals surface area (Å²) in [5, 5.41) is 17.6. The predicted octanol–water partition coefficient (Wildman–Crippen LogP) is 1.77. The number of nitriles is 1. The molecule has 1 rings (SSSR count). The first kappa shape index (κ1) is 12.5. The molecule has 0 saturated heterocycles. The average molecular weight is 210 g/mol. The lowest BCUT2D eigenvalue weighted by Gasteiger charge is -2.32. The van der Waals surface area contributed by atoms with Gasteiger partial charge in [-0.2, -0.15) is 5.26 Å². The van der Waals surface area contributed by atoms with Crippen LogP contribution in [0.15, 0.2) is 0 Å². The number of aliphatic hydroxyl groups excluding tert-OH is 1. The van der Waals surface area contributed by atoms with E-state index in [2.05, 4.69) is 24.8 Å². The second kappa shape index (κ2) is 5.48. The minimum atomic E-state index is 0.188. The quantitative estimate of drug-likeness (QED) is 0.696. The van der Waals surface area contributed by atoms with Gasteiger partial charge in [-0.1, -0.05) is 13.8 Å². The van der Waals surface area contributed by atoms with Gasteiger partial charge in [-0.15, -0.1) is 0 Å². The zero-order valence-electron chi connectivity index (χ0n) is 9.87. The van der Waals surface area contributed by atoms with Crippen LogP contribution in [0.25, 0.3) is 0 Å². The SMILES string of the molecule is CC(C)(CCC#N)CN(CCO)C1CC1. The van der Waals surface area contributed by atoms with E-state index in [1.807, 2.05) is 0 Å². The van der Waals surface area contributed by atoms with Crippen molar-refractivity contribution in [3.63, 3.8) is 0 Å². The molecular formula is C12H22N2O. The van der Waals surface area contributed by atoms with Crippen molar-refractivity contribution in [1.82, 2.24) is 4.90 Å². The summed E-state index contributed by atoms with van der Waals surface area (Å²) in [5.41, 5.74) is 0.188. The number of rotatable bonds is 7. The maximum absolute atomic E-state index is 8.99. The van der Waals surface area contributed by atoms with E-state index in [1.165, 1.54) is 12.8 Å². The lowest BCUT2D eigenvalue weighted by atomic mass is 9.87. The molecule has 1 aliphatic carbocycles. The monoisotopic (exact) mass is 210 g/mol. The van der Waals surface area contributed by atoms with E-state index >= 15 is 0 Å². The fourth-order valence-electron chi connectivity index (χ4n) is 1.98. The van der Waals surface area contributed by atoms with Crippen molar-refractivity contribution in [2.24, 2.45) is 5.41 Å². The molecule has 86 valence electrons. The van der Waals surface area contributed by atoms with Gasteiger partial charge >= 0.3 is 0 Å². The smallest absolute Gasteiger partial charge is 0.0621 e. The third-order valence-electron chi connectivity index (χ3n) is 3.00. The van der Waals surface area contributed by atoms with Crippen LogP contribution in [0.2, 0.25) is 0 Å². The number of hydrogen-bond donors (Lipinski definition) is 1. The van der Waals surface area contributed by atoms with Gasteiger partial charge in [-0.05, 0) is 24.7 Å². The Morgan fingerprint density at radius 2 is 2.13 bits per heavy atom. The maximum Gasteiger partial charge on any atom is 0.0621 e. The van der Waals surface area contributed by atoms with Crippen LogP contribution in [0.4, 0.5) is 0 Å². The third-order valence-corrected chi connectivity index (χ3v) is 3.00. The average Bonchev–Trinajstić information content (AvgIpc) is 2.97. The van der Waals surface area contributed by atoms with Crippen molar-refractivity contribution in [3.05, 3.63) is 0 Å². The normalized spacial score (nSPS) is 16.7. The molecule has 0 atom stereocenters. The number of nitrogens with zero attached hydrogens (tertiary/aromatic N) is 2. The molecule has 1 N–H and O–H groups in total. The molecule has 0 spiro atoms. The molecule has 3 nitrogen and oxygen atoms in total. The molecule has 1 saturated carbocycles. The topological polar surface area (TPSA) is 47.3 Å². The molecule has 0 aromatic heterocycles. The van der Waals surface area contributed by atoms with Gasteiger partial charge < -0.3 is 5.11 Å². The Labute approximate surface area is 92.7 Å². The molecule has 1 aliphatic rings. The van der Waals surface area contributed by atoms with Crippen LogP contribution in [0.1, 0.15) is 39.5 Å². The Kier molecular flexibility index (Phi) is 4.56. The molecule has 0 aromatic carbocycles. The summed E-state index contributed by atoms with van der Waals surface area (Å²) in [5.74, 6) is 0. The fraction of sp³-hybridized carbons (Fsp3) is 0.917. The highest BCUT2D eigenvalue weighted by Gasteiger charge is 2.32. The van der Waals surface area contributed by atoms with E-state index in [-0.39, 0.29) is 12.0 Å². The minimum Gasteiger partial charge on any atom is -0.395 e. The third kappa shape index (κ3) is 4.63. The van der Waals surface area contributed by atoms with Gasteiger partial charge in [0, 0.05) is 25.6 Å². The van der Waals surface area contributed by atoms with E-state index in [4.69, 9.17) is 10.4 Å². The predicted molar refractivity (Wildman–Crippen MR) is 60.3 cm³/mol. The number of hydrogen-bond acceptors (Lipinski definition) is 3. The molecule has 3 heteroatoms. The summed E-state index contributed by atoms with van der Waals surface area (Å²) in [4.78, 5) is 2.37. The first-order chi connectivity index (χ1) is 7.09. The Hall–Kier alpha value is -0.590. The molecule has 0 unspecified atom stereocenters. The summed E-state index contributed by atoms with van der Waals surface area (Å²) in [6.07, 6.45) is 4.12. The van der Waals surface area contributed by atoms with Gasteiger partial charge in [0.2, 0.25) is 0 Å². The summed E-state index contributed by atoms with van der Waals surface area (Å²) < 4.78 is 0. The Morgan fingerprint density at radius 1 is 1.47 bits per heavy atom. The van der Waals surface area contributed by atoms with E-state index in [1.54, 1.807) is 0 Å². The highest BCUT2D eigenvalue weighted by molar-refractivity contribution is 4.88. The molecule has 0 aliphatic heterocycles. The summed E-state index contributed by atoms with van der Waals surface area (Å²) in [6.45, 7) is 6.43. The fourth-order valence-corrected chi connectivity index (χ4v) is 1.98. The standard InChI is InChI=1S/C12H22N2O/c1-12(2,6-3-7-13)10-14(8-9-15)11-4-5-11/h11,15H,3-6,8-10H2,1-2H3. The van der Waals surface area contributed by atoms with Gasteiger partial charge in [0.05, 0.1) is 12.7 Å². The van der Waals surface area contributed by atoms with Crippen molar-refractivity contribution in [3.8, 4) is 6.07 Å². The molecule has 0 aromatic rings.